The number of allylic oxidation sites excluding steroid dienone is 4. The molecule has 0 aromatic heterocycles. The van der Waals surface area contributed by atoms with Gasteiger partial charge in [0.15, 0.2) is 0 Å². The average Bonchev–Trinajstić information content (AvgIpc) is 3.32. The van der Waals surface area contributed by atoms with Crippen molar-refractivity contribution in [1.29, 1.82) is 0 Å². The van der Waals surface area contributed by atoms with Crippen LogP contribution in [0.2, 0.25) is 0 Å². The monoisotopic (exact) mass is 580 g/mol. The van der Waals surface area contributed by atoms with Crippen molar-refractivity contribution in [2.45, 2.75) is 32.1 Å². The van der Waals surface area contributed by atoms with Gasteiger partial charge in [-0.25, -0.2) is 0 Å². The molecule has 0 fully saturated rings. The molecule has 0 amide bonds. The van der Waals surface area contributed by atoms with Crippen molar-refractivity contribution in [1.82, 2.24) is 0 Å². The lowest BCUT2D eigenvalue weighted by atomic mass is 9.81. The van der Waals surface area contributed by atoms with Gasteiger partial charge >= 0.3 is 0 Å². The topological polar surface area (TPSA) is 6.48 Å². The number of rotatable bonds is 6. The molecular formula is C43H36N2. The zero-order chi connectivity index (χ0) is 30.4. The van der Waals surface area contributed by atoms with Crippen molar-refractivity contribution in [3.63, 3.8) is 0 Å². The molecule has 2 aliphatic carbocycles. The number of fused-ring (bicyclic) bond motifs is 5. The number of nitrogens with zero attached hydrogens (tertiary/aromatic N) is 2. The maximum atomic E-state index is 2.49. The lowest BCUT2D eigenvalue weighted by Crippen LogP contribution is -2.20. The van der Waals surface area contributed by atoms with E-state index >= 15 is 0 Å². The number of anilines is 5. The van der Waals surface area contributed by atoms with Gasteiger partial charge < -0.3 is 9.80 Å². The molecular weight excluding hydrogens is 544 g/mol. The smallest absolute Gasteiger partial charge is 0.0540 e. The maximum absolute atomic E-state index is 2.49. The number of benzene rings is 6. The molecule has 0 saturated carbocycles. The van der Waals surface area contributed by atoms with Crippen LogP contribution in [0.1, 0.15) is 37.8 Å². The predicted octanol–water partition coefficient (Wildman–Crippen LogP) is 12.0. The number of hydrogen-bond donors (Lipinski definition) is 0. The van der Waals surface area contributed by atoms with E-state index in [9.17, 15) is 0 Å². The molecule has 6 aromatic rings. The molecule has 0 atom stereocenters. The third kappa shape index (κ3) is 4.57. The van der Waals surface area contributed by atoms with Gasteiger partial charge in [-0.15, -0.1) is 0 Å². The molecule has 6 aromatic carbocycles. The lowest BCUT2D eigenvalue weighted by molar-refractivity contribution is 0.661. The fraction of sp³-hybridized carbons (Fsp3) is 0.116. The maximum Gasteiger partial charge on any atom is 0.0540 e. The van der Waals surface area contributed by atoms with Gasteiger partial charge in [0.1, 0.15) is 0 Å². The van der Waals surface area contributed by atoms with E-state index in [0.717, 1.165) is 24.2 Å². The van der Waals surface area contributed by atoms with Crippen molar-refractivity contribution < 1.29 is 0 Å². The summed E-state index contributed by atoms with van der Waals surface area (Å²) in [6.45, 7) is 4.79. The largest absolute Gasteiger partial charge is 0.314 e. The van der Waals surface area contributed by atoms with Gasteiger partial charge in [-0.3, -0.25) is 0 Å². The van der Waals surface area contributed by atoms with Crippen LogP contribution in [0.15, 0.2) is 163 Å². The average molecular weight is 581 g/mol. The summed E-state index contributed by atoms with van der Waals surface area (Å²) in [6, 6.07) is 50.7. The minimum absolute atomic E-state index is 0.193. The molecule has 2 heteroatoms. The minimum Gasteiger partial charge on any atom is -0.314 e. The van der Waals surface area contributed by atoms with Crippen molar-refractivity contribution in [2.24, 2.45) is 0 Å². The highest BCUT2D eigenvalue weighted by Crippen LogP contribution is 2.55. The van der Waals surface area contributed by atoms with Crippen LogP contribution < -0.4 is 9.80 Å². The molecule has 0 radical (unpaired) electrons. The molecule has 2 aliphatic rings. The second-order valence-corrected chi connectivity index (χ2v) is 12.5. The Kier molecular flexibility index (Phi) is 6.64. The van der Waals surface area contributed by atoms with E-state index in [1.807, 2.05) is 0 Å². The van der Waals surface area contributed by atoms with Crippen LogP contribution in [0, 0.1) is 0 Å². The summed E-state index contributed by atoms with van der Waals surface area (Å²) in [5, 5.41) is 2.58. The molecule has 0 heterocycles. The first kappa shape index (κ1) is 27.2. The third-order valence-corrected chi connectivity index (χ3v) is 9.46. The summed E-state index contributed by atoms with van der Waals surface area (Å²) in [5.41, 5.74) is 12.5. The van der Waals surface area contributed by atoms with Crippen LogP contribution >= 0.6 is 0 Å². The van der Waals surface area contributed by atoms with Crippen molar-refractivity contribution in [3.05, 3.63) is 175 Å². The van der Waals surface area contributed by atoms with Crippen LogP contribution in [0.25, 0.3) is 21.9 Å². The van der Waals surface area contributed by atoms with E-state index in [2.05, 4.69) is 181 Å². The van der Waals surface area contributed by atoms with E-state index in [1.54, 1.807) is 0 Å². The van der Waals surface area contributed by atoms with Gasteiger partial charge in [0.25, 0.3) is 0 Å². The Morgan fingerprint density at radius 1 is 0.533 bits per heavy atom. The first-order chi connectivity index (χ1) is 22.1. The van der Waals surface area contributed by atoms with Crippen LogP contribution in [-0.4, -0.2) is 0 Å². The fourth-order valence-corrected chi connectivity index (χ4v) is 7.29. The first-order valence-corrected chi connectivity index (χ1v) is 15.9. The Morgan fingerprint density at radius 3 is 1.71 bits per heavy atom. The van der Waals surface area contributed by atoms with E-state index in [1.165, 1.54) is 55.8 Å². The Morgan fingerprint density at radius 2 is 1.11 bits per heavy atom. The fourth-order valence-electron chi connectivity index (χ4n) is 7.29. The second-order valence-electron chi connectivity index (χ2n) is 12.5. The Bertz CT molecular complexity index is 2030. The molecule has 0 unspecified atom stereocenters. The van der Waals surface area contributed by atoms with E-state index in [4.69, 9.17) is 0 Å². The summed E-state index contributed by atoms with van der Waals surface area (Å²) in [6.07, 6.45) is 8.82. The van der Waals surface area contributed by atoms with Crippen molar-refractivity contribution >= 4 is 39.2 Å². The Hall–Kier alpha value is -5.34. The zero-order valence-corrected chi connectivity index (χ0v) is 25.8. The molecule has 218 valence electrons. The van der Waals surface area contributed by atoms with E-state index in [-0.39, 0.29) is 5.41 Å². The quantitative estimate of drug-likeness (QED) is 0.193. The molecule has 8 rings (SSSR count). The van der Waals surface area contributed by atoms with Crippen LogP contribution in [-0.2, 0) is 5.41 Å². The third-order valence-electron chi connectivity index (χ3n) is 9.46. The molecule has 45 heavy (non-hydrogen) atoms. The molecule has 0 spiro atoms. The van der Waals surface area contributed by atoms with Gasteiger partial charge in [-0.1, -0.05) is 111 Å². The summed E-state index contributed by atoms with van der Waals surface area (Å²) >= 11 is 0. The number of hydrogen-bond acceptors (Lipinski definition) is 2. The summed E-state index contributed by atoms with van der Waals surface area (Å²) in [4.78, 5) is 4.85. The number of para-hydroxylation sites is 3. The summed E-state index contributed by atoms with van der Waals surface area (Å²) in [5.74, 6) is 0. The van der Waals surface area contributed by atoms with Crippen LogP contribution in [0.5, 0.6) is 0 Å². The van der Waals surface area contributed by atoms with Crippen LogP contribution in [0.4, 0.5) is 28.4 Å². The van der Waals surface area contributed by atoms with Gasteiger partial charge in [-0.05, 0) is 101 Å². The SMILES string of the molecule is CC1(C)c2cc(N(c3ccccc3)c3ccccc3)ccc2-c2c1cc(N(C1=CC=CCC1)c1ccccc1)c1ccccc21. The highest BCUT2D eigenvalue weighted by atomic mass is 15.2. The van der Waals surface area contributed by atoms with Crippen LogP contribution in [0.3, 0.4) is 0 Å². The molecule has 0 N–H and O–H groups in total. The zero-order valence-electron chi connectivity index (χ0n) is 25.8. The molecule has 2 nitrogen and oxygen atoms in total. The highest BCUT2D eigenvalue weighted by molar-refractivity contribution is 6.09. The molecule has 0 bridgehead atoms. The van der Waals surface area contributed by atoms with Crippen molar-refractivity contribution in [2.75, 3.05) is 9.80 Å². The Balaban J connectivity index is 1.34. The van der Waals surface area contributed by atoms with E-state index < -0.39 is 0 Å². The van der Waals surface area contributed by atoms with Gasteiger partial charge in [0, 0.05) is 39.2 Å². The normalized spacial score (nSPS) is 14.5. The van der Waals surface area contributed by atoms with Gasteiger partial charge in [0.05, 0.1) is 5.69 Å². The predicted molar refractivity (Wildman–Crippen MR) is 191 cm³/mol. The molecule has 0 aliphatic heterocycles. The Labute approximate surface area is 266 Å². The highest BCUT2D eigenvalue weighted by Gasteiger charge is 2.38. The van der Waals surface area contributed by atoms with Gasteiger partial charge in [0.2, 0.25) is 0 Å². The second kappa shape index (κ2) is 11.0. The summed E-state index contributed by atoms with van der Waals surface area (Å²) < 4.78 is 0. The summed E-state index contributed by atoms with van der Waals surface area (Å²) in [7, 11) is 0. The van der Waals surface area contributed by atoms with Crippen molar-refractivity contribution in [3.8, 4) is 11.1 Å². The van der Waals surface area contributed by atoms with Gasteiger partial charge in [-0.2, -0.15) is 0 Å². The first-order valence-electron chi connectivity index (χ1n) is 15.9. The standard InChI is InChI=1S/C43H36N2/c1-43(2)39-29-35(44(31-17-7-3-8-18-31)32-19-9-4-10-20-32)27-28-38(39)42-37-26-16-15-25-36(37)41(30-40(42)43)45(33-21-11-5-12-22-33)34-23-13-6-14-24-34/h3-13,15-23,25-30H,14,24H2,1-2H3. The lowest BCUT2D eigenvalue weighted by Gasteiger charge is -2.32. The van der Waals surface area contributed by atoms with E-state index in [0.29, 0.717) is 0 Å². The minimum atomic E-state index is -0.193. The molecule has 0 saturated heterocycles.